The van der Waals surface area contributed by atoms with Gasteiger partial charge in [0.05, 0.1) is 12.6 Å². The van der Waals surface area contributed by atoms with Crippen LogP contribution in [-0.4, -0.2) is 75.3 Å². The average Bonchev–Trinajstić information content (AvgIpc) is 2.69. The third kappa shape index (κ3) is 6.56. The largest absolute Gasteiger partial charge is 0.450 e. The second-order valence-electron chi connectivity index (χ2n) is 7.09. The highest BCUT2D eigenvalue weighted by Crippen LogP contribution is 2.20. The molecule has 1 fully saturated rings. The van der Waals surface area contributed by atoms with Crippen LogP contribution in [0.4, 0.5) is 4.79 Å². The monoisotopic (exact) mass is 409 g/mol. The second-order valence-corrected chi connectivity index (χ2v) is 7.53. The molecule has 8 heteroatoms. The van der Waals surface area contributed by atoms with Gasteiger partial charge in [-0.25, -0.2) is 4.79 Å². The Morgan fingerprint density at radius 3 is 2.50 bits per heavy atom. The maximum absolute atomic E-state index is 11.8. The van der Waals surface area contributed by atoms with E-state index < -0.39 is 0 Å². The maximum Gasteiger partial charge on any atom is 0.409 e. The molecule has 0 aromatic heterocycles. The lowest BCUT2D eigenvalue weighted by Gasteiger charge is -2.33. The zero-order chi connectivity index (χ0) is 20.5. The molecular weight excluding hydrogens is 378 g/mol. The van der Waals surface area contributed by atoms with Crippen molar-refractivity contribution in [1.82, 2.24) is 20.4 Å². The number of carbonyl (C=O) groups excluding carboxylic acids is 1. The quantitative estimate of drug-likeness (QED) is 0.558. The van der Waals surface area contributed by atoms with E-state index in [1.807, 2.05) is 19.1 Å². The number of guanidine groups is 1. The molecule has 2 N–H and O–H groups in total. The number of benzene rings is 1. The van der Waals surface area contributed by atoms with Gasteiger partial charge < -0.3 is 25.2 Å². The average molecular weight is 410 g/mol. The molecule has 7 nitrogen and oxygen atoms in total. The Balaban J connectivity index is 1.85. The third-order valence-electron chi connectivity index (χ3n) is 4.93. The first-order valence-electron chi connectivity index (χ1n) is 9.75. The highest BCUT2D eigenvalue weighted by atomic mass is 35.5. The van der Waals surface area contributed by atoms with Gasteiger partial charge in [0.25, 0.3) is 0 Å². The molecule has 1 saturated heterocycles. The van der Waals surface area contributed by atoms with Crippen molar-refractivity contribution in [3.8, 4) is 0 Å². The van der Waals surface area contributed by atoms with Crippen molar-refractivity contribution < 1.29 is 9.53 Å². The molecule has 156 valence electrons. The molecule has 28 heavy (non-hydrogen) atoms. The Kier molecular flexibility index (Phi) is 8.86. The summed E-state index contributed by atoms with van der Waals surface area (Å²) in [6, 6.07) is 8.41. The number of amides is 1. The number of nitrogens with one attached hydrogen (secondary N) is 2. The zero-order valence-electron chi connectivity index (χ0n) is 17.2. The van der Waals surface area contributed by atoms with Crippen LogP contribution in [-0.2, 0) is 4.74 Å². The summed E-state index contributed by atoms with van der Waals surface area (Å²) in [6.45, 7) is 4.34. The molecule has 1 heterocycles. The molecular formula is C20H32ClN5O2. The number of rotatable bonds is 6. The number of halogens is 1. The number of carbonyl (C=O) groups is 1. The highest BCUT2D eigenvalue weighted by molar-refractivity contribution is 6.30. The molecule has 1 aromatic rings. The molecule has 0 spiro atoms. The Morgan fingerprint density at radius 1 is 1.32 bits per heavy atom. The summed E-state index contributed by atoms with van der Waals surface area (Å²) in [6.07, 6.45) is 1.52. The first kappa shape index (κ1) is 22.3. The first-order valence-corrected chi connectivity index (χ1v) is 10.1. The zero-order valence-corrected chi connectivity index (χ0v) is 18.0. The van der Waals surface area contributed by atoms with Gasteiger partial charge in [-0.05, 0) is 51.6 Å². The van der Waals surface area contributed by atoms with Crippen LogP contribution in [0.5, 0.6) is 0 Å². The van der Waals surface area contributed by atoms with Crippen LogP contribution in [0.25, 0.3) is 0 Å². The molecule has 1 unspecified atom stereocenters. The topological polar surface area (TPSA) is 69.2 Å². The van der Waals surface area contributed by atoms with E-state index >= 15 is 0 Å². The SMILES string of the molecule is CCOC(=O)N1CCC(NC(=NC)NCC(c2ccc(Cl)cc2)N(C)C)CC1. The molecule has 1 aliphatic heterocycles. The lowest BCUT2D eigenvalue weighted by molar-refractivity contribution is 0.0963. The van der Waals surface area contributed by atoms with Crippen molar-refractivity contribution in [2.24, 2.45) is 4.99 Å². The second kappa shape index (κ2) is 11.1. The molecule has 0 bridgehead atoms. The molecule has 0 aliphatic carbocycles. The molecule has 0 radical (unpaired) electrons. The van der Waals surface area contributed by atoms with Crippen molar-refractivity contribution >= 4 is 23.7 Å². The Morgan fingerprint density at radius 2 is 1.96 bits per heavy atom. The van der Waals surface area contributed by atoms with Gasteiger partial charge in [-0.3, -0.25) is 4.99 Å². The first-order chi connectivity index (χ1) is 13.4. The van der Waals surface area contributed by atoms with Crippen molar-refractivity contribution in [3.05, 3.63) is 34.9 Å². The van der Waals surface area contributed by atoms with Gasteiger partial charge in [0.2, 0.25) is 0 Å². The minimum atomic E-state index is -0.222. The van der Waals surface area contributed by atoms with Crippen molar-refractivity contribution in [3.63, 3.8) is 0 Å². The Labute approximate surface area is 173 Å². The van der Waals surface area contributed by atoms with E-state index in [1.54, 1.807) is 11.9 Å². The predicted molar refractivity (Wildman–Crippen MR) is 114 cm³/mol. The van der Waals surface area contributed by atoms with Gasteiger partial charge in [-0.2, -0.15) is 0 Å². The number of hydrogen-bond acceptors (Lipinski definition) is 4. The van der Waals surface area contributed by atoms with Gasteiger partial charge in [-0.15, -0.1) is 0 Å². The van der Waals surface area contributed by atoms with E-state index in [4.69, 9.17) is 16.3 Å². The molecule has 1 aliphatic rings. The third-order valence-corrected chi connectivity index (χ3v) is 5.18. The fourth-order valence-corrected chi connectivity index (χ4v) is 3.41. The van der Waals surface area contributed by atoms with Crippen LogP contribution in [0.3, 0.4) is 0 Å². The van der Waals surface area contributed by atoms with Gasteiger partial charge in [0, 0.05) is 37.7 Å². The lowest BCUT2D eigenvalue weighted by Crippen LogP contribution is -2.50. The molecule has 1 aromatic carbocycles. The minimum Gasteiger partial charge on any atom is -0.450 e. The summed E-state index contributed by atoms with van der Waals surface area (Å²) in [7, 11) is 5.89. The van der Waals surface area contributed by atoms with Gasteiger partial charge in [0.15, 0.2) is 5.96 Å². The van der Waals surface area contributed by atoms with E-state index in [1.165, 1.54) is 5.56 Å². The van der Waals surface area contributed by atoms with Crippen molar-refractivity contribution in [1.29, 1.82) is 0 Å². The summed E-state index contributed by atoms with van der Waals surface area (Å²) in [5.74, 6) is 0.774. The minimum absolute atomic E-state index is 0.196. The number of ether oxygens (including phenoxy) is 1. The lowest BCUT2D eigenvalue weighted by atomic mass is 10.1. The van der Waals surface area contributed by atoms with Crippen molar-refractivity contribution in [2.45, 2.75) is 31.8 Å². The molecule has 2 rings (SSSR count). The highest BCUT2D eigenvalue weighted by Gasteiger charge is 2.24. The van der Waals surface area contributed by atoms with E-state index in [9.17, 15) is 4.79 Å². The van der Waals surface area contributed by atoms with E-state index in [2.05, 4.69) is 46.8 Å². The number of likely N-dealkylation sites (tertiary alicyclic amines) is 1. The van der Waals surface area contributed by atoms with E-state index in [0.29, 0.717) is 19.7 Å². The van der Waals surface area contributed by atoms with Gasteiger partial charge in [-0.1, -0.05) is 23.7 Å². The van der Waals surface area contributed by atoms with Gasteiger partial charge in [0.1, 0.15) is 0 Å². The molecule has 1 atom stereocenters. The smallest absolute Gasteiger partial charge is 0.409 e. The number of piperidine rings is 1. The van der Waals surface area contributed by atoms with Crippen molar-refractivity contribution in [2.75, 3.05) is 47.4 Å². The van der Waals surface area contributed by atoms with Crippen LogP contribution >= 0.6 is 11.6 Å². The Hall–Kier alpha value is -1.99. The Bertz CT molecular complexity index is 643. The standard InChI is InChI=1S/C20H32ClN5O2/c1-5-28-20(27)26-12-10-17(11-13-26)24-19(22-2)23-14-18(25(3)4)15-6-8-16(21)9-7-15/h6-9,17-18H,5,10-14H2,1-4H3,(H2,22,23,24). The van der Waals surface area contributed by atoms with Crippen LogP contribution in [0, 0.1) is 0 Å². The summed E-state index contributed by atoms with van der Waals surface area (Å²) in [5, 5.41) is 7.63. The summed E-state index contributed by atoms with van der Waals surface area (Å²) >= 11 is 6.01. The van der Waals surface area contributed by atoms with Crippen LogP contribution in [0.2, 0.25) is 5.02 Å². The molecule has 1 amide bonds. The van der Waals surface area contributed by atoms with Gasteiger partial charge >= 0.3 is 6.09 Å². The summed E-state index contributed by atoms with van der Waals surface area (Å²) in [5.41, 5.74) is 1.19. The van der Waals surface area contributed by atoms with Crippen LogP contribution < -0.4 is 10.6 Å². The number of hydrogen-bond donors (Lipinski definition) is 2. The summed E-state index contributed by atoms with van der Waals surface area (Å²) < 4.78 is 5.07. The fraction of sp³-hybridized carbons (Fsp3) is 0.600. The summed E-state index contributed by atoms with van der Waals surface area (Å²) in [4.78, 5) is 20.1. The van der Waals surface area contributed by atoms with E-state index in [-0.39, 0.29) is 18.2 Å². The maximum atomic E-state index is 11.8. The number of nitrogens with zero attached hydrogens (tertiary/aromatic N) is 3. The number of likely N-dealkylation sites (N-methyl/N-ethyl adjacent to an activating group) is 1. The molecule has 0 saturated carbocycles. The predicted octanol–water partition coefficient (Wildman–Crippen LogP) is 2.73. The normalized spacial score (nSPS) is 16.8. The van der Waals surface area contributed by atoms with Crippen LogP contribution in [0.15, 0.2) is 29.3 Å². The number of aliphatic imine (C=N–C) groups is 1. The van der Waals surface area contributed by atoms with Crippen LogP contribution in [0.1, 0.15) is 31.4 Å². The van der Waals surface area contributed by atoms with E-state index in [0.717, 1.165) is 30.4 Å². The fourth-order valence-electron chi connectivity index (χ4n) is 3.29.